The summed E-state index contributed by atoms with van der Waals surface area (Å²) in [6.07, 6.45) is 18.9. The van der Waals surface area contributed by atoms with E-state index < -0.39 is 0 Å². The molecular weight excluding hydrogens is 324 g/mol. The van der Waals surface area contributed by atoms with Crippen molar-refractivity contribution in [3.05, 3.63) is 48.0 Å². The van der Waals surface area contributed by atoms with Gasteiger partial charge in [-0.05, 0) is 105 Å². The van der Waals surface area contributed by atoms with Crippen molar-refractivity contribution in [2.24, 2.45) is 23.7 Å². The van der Waals surface area contributed by atoms with Crippen molar-refractivity contribution in [2.45, 2.75) is 96.8 Å². The van der Waals surface area contributed by atoms with E-state index in [-0.39, 0.29) is 0 Å². The predicted molar refractivity (Wildman–Crippen MR) is 119 cm³/mol. The van der Waals surface area contributed by atoms with Gasteiger partial charge in [0.15, 0.2) is 0 Å². The minimum absolute atomic E-state index is 0.815. The first-order chi connectivity index (χ1) is 13.2. The molecule has 2 aliphatic carbocycles. The van der Waals surface area contributed by atoms with Gasteiger partial charge in [-0.1, -0.05) is 57.0 Å². The second-order valence-electron chi connectivity index (χ2n) is 9.62. The Morgan fingerprint density at radius 2 is 1.52 bits per heavy atom. The molecule has 3 rings (SSSR count). The van der Waals surface area contributed by atoms with E-state index in [1.54, 1.807) is 5.56 Å². The van der Waals surface area contributed by atoms with Crippen molar-refractivity contribution >= 4 is 0 Å². The van der Waals surface area contributed by atoms with E-state index in [4.69, 9.17) is 0 Å². The molecule has 0 heterocycles. The molecule has 1 aromatic rings. The van der Waals surface area contributed by atoms with Gasteiger partial charge in [-0.2, -0.15) is 0 Å². The molecule has 1 unspecified atom stereocenters. The van der Waals surface area contributed by atoms with Crippen LogP contribution in [0, 0.1) is 23.7 Å². The molecule has 0 spiro atoms. The van der Waals surface area contributed by atoms with E-state index in [1.165, 1.54) is 69.8 Å². The number of allylic oxidation sites excluding steroid dienone is 1. The van der Waals surface area contributed by atoms with Crippen LogP contribution in [-0.4, -0.2) is 0 Å². The second-order valence-corrected chi connectivity index (χ2v) is 9.62. The Kier molecular flexibility index (Phi) is 8.04. The zero-order chi connectivity index (χ0) is 19.1. The summed E-state index contributed by atoms with van der Waals surface area (Å²) < 4.78 is 0. The molecule has 0 amide bonds. The van der Waals surface area contributed by atoms with Crippen LogP contribution in [-0.2, 0) is 6.42 Å². The second kappa shape index (κ2) is 10.5. The van der Waals surface area contributed by atoms with Crippen LogP contribution in [0.4, 0.5) is 0 Å². The molecule has 0 bridgehead atoms. The van der Waals surface area contributed by atoms with Gasteiger partial charge >= 0.3 is 0 Å². The minimum atomic E-state index is 0.815. The van der Waals surface area contributed by atoms with Gasteiger partial charge in [0.2, 0.25) is 0 Å². The number of aryl methyl sites for hydroxylation is 1. The molecule has 0 saturated heterocycles. The highest BCUT2D eigenvalue weighted by Crippen LogP contribution is 2.45. The Hall–Kier alpha value is -1.04. The molecule has 150 valence electrons. The van der Waals surface area contributed by atoms with E-state index in [1.807, 2.05) is 6.08 Å². The van der Waals surface area contributed by atoms with Gasteiger partial charge in [0.05, 0.1) is 0 Å². The monoisotopic (exact) mass is 366 g/mol. The highest BCUT2D eigenvalue weighted by atomic mass is 14.4. The summed E-state index contributed by atoms with van der Waals surface area (Å²) in [7, 11) is 0. The molecule has 0 heteroatoms. The summed E-state index contributed by atoms with van der Waals surface area (Å²) in [5.41, 5.74) is 3.05. The molecule has 27 heavy (non-hydrogen) atoms. The van der Waals surface area contributed by atoms with Crippen LogP contribution in [0.5, 0.6) is 0 Å². The zero-order valence-corrected chi connectivity index (χ0v) is 18.0. The van der Waals surface area contributed by atoms with Gasteiger partial charge in [-0.3, -0.25) is 0 Å². The zero-order valence-electron chi connectivity index (χ0n) is 18.0. The number of rotatable bonds is 8. The Bertz CT molecular complexity index is 538. The Balaban J connectivity index is 1.43. The van der Waals surface area contributed by atoms with Crippen LogP contribution in [0.15, 0.2) is 36.9 Å². The van der Waals surface area contributed by atoms with Crippen LogP contribution in [0.1, 0.15) is 102 Å². The first-order valence-corrected chi connectivity index (χ1v) is 11.9. The van der Waals surface area contributed by atoms with Crippen LogP contribution < -0.4 is 0 Å². The van der Waals surface area contributed by atoms with E-state index >= 15 is 0 Å². The van der Waals surface area contributed by atoms with Crippen LogP contribution >= 0.6 is 0 Å². The molecule has 2 fully saturated rings. The van der Waals surface area contributed by atoms with Crippen molar-refractivity contribution in [1.29, 1.82) is 0 Å². The smallest absolute Gasteiger partial charge is 0.0162 e. The fourth-order valence-electron chi connectivity index (χ4n) is 6.03. The summed E-state index contributed by atoms with van der Waals surface area (Å²) in [5, 5.41) is 0. The quantitative estimate of drug-likeness (QED) is 0.406. The minimum Gasteiger partial charge on any atom is -0.103 e. The summed E-state index contributed by atoms with van der Waals surface area (Å²) in [4.78, 5) is 0. The Labute approximate surface area is 168 Å². The molecule has 0 aliphatic heterocycles. The van der Waals surface area contributed by atoms with E-state index in [9.17, 15) is 0 Å². The third kappa shape index (κ3) is 5.72. The lowest BCUT2D eigenvalue weighted by atomic mass is 9.66. The lowest BCUT2D eigenvalue weighted by Crippen LogP contribution is -2.27. The molecule has 1 atom stereocenters. The van der Waals surface area contributed by atoms with Gasteiger partial charge in [0, 0.05) is 0 Å². The first kappa shape index (κ1) is 20.7. The molecule has 0 nitrogen and oxygen atoms in total. The van der Waals surface area contributed by atoms with Crippen molar-refractivity contribution in [3.63, 3.8) is 0 Å². The molecule has 0 aromatic heterocycles. The lowest BCUT2D eigenvalue weighted by Gasteiger charge is -2.39. The molecular formula is C27H42. The largest absolute Gasteiger partial charge is 0.103 e. The summed E-state index contributed by atoms with van der Waals surface area (Å²) >= 11 is 0. The predicted octanol–water partition coefficient (Wildman–Crippen LogP) is 8.32. The maximum absolute atomic E-state index is 3.83. The highest BCUT2D eigenvalue weighted by molar-refractivity contribution is 5.26. The van der Waals surface area contributed by atoms with Crippen LogP contribution in [0.2, 0.25) is 0 Å². The van der Waals surface area contributed by atoms with E-state index in [0.29, 0.717) is 0 Å². The van der Waals surface area contributed by atoms with E-state index in [0.717, 1.165) is 42.4 Å². The number of hydrogen-bond acceptors (Lipinski definition) is 0. The molecule has 0 N–H and O–H groups in total. The molecule has 1 aromatic carbocycles. The SMILES string of the molecule is C=CCCc1ccc(C2CCC(C3CCC(C(C)CCC)CC3)CC2)cc1. The van der Waals surface area contributed by atoms with Crippen molar-refractivity contribution in [3.8, 4) is 0 Å². The van der Waals surface area contributed by atoms with Crippen LogP contribution in [0.25, 0.3) is 0 Å². The van der Waals surface area contributed by atoms with Gasteiger partial charge < -0.3 is 0 Å². The Morgan fingerprint density at radius 3 is 2.07 bits per heavy atom. The van der Waals surface area contributed by atoms with Gasteiger partial charge in [0.25, 0.3) is 0 Å². The van der Waals surface area contributed by atoms with Crippen molar-refractivity contribution < 1.29 is 0 Å². The van der Waals surface area contributed by atoms with Crippen LogP contribution in [0.3, 0.4) is 0 Å². The summed E-state index contributed by atoms with van der Waals surface area (Å²) in [6.45, 7) is 8.68. The lowest BCUT2D eigenvalue weighted by molar-refractivity contribution is 0.136. The third-order valence-electron chi connectivity index (χ3n) is 7.89. The maximum Gasteiger partial charge on any atom is -0.0162 e. The standard InChI is InChI=1S/C27H42/c1-4-6-8-22-9-11-24(12-10-22)26-17-19-27(20-18-26)25-15-13-23(14-16-25)21(3)7-5-2/h4,9-12,21,23,25-27H,1,5-8,13-20H2,2-3H3. The molecule has 0 radical (unpaired) electrons. The number of hydrogen-bond donors (Lipinski definition) is 0. The summed E-state index contributed by atoms with van der Waals surface area (Å²) in [5.74, 6) is 4.86. The Morgan fingerprint density at radius 1 is 0.926 bits per heavy atom. The highest BCUT2D eigenvalue weighted by Gasteiger charge is 2.32. The average Bonchev–Trinajstić information content (AvgIpc) is 2.73. The van der Waals surface area contributed by atoms with E-state index in [2.05, 4.69) is 44.7 Å². The fraction of sp³-hybridized carbons (Fsp3) is 0.704. The van der Waals surface area contributed by atoms with Gasteiger partial charge in [-0.25, -0.2) is 0 Å². The number of benzene rings is 1. The average molecular weight is 367 g/mol. The van der Waals surface area contributed by atoms with Crippen molar-refractivity contribution in [1.82, 2.24) is 0 Å². The molecule has 2 saturated carbocycles. The fourth-order valence-corrected chi connectivity index (χ4v) is 6.03. The first-order valence-electron chi connectivity index (χ1n) is 11.9. The molecule has 2 aliphatic rings. The topological polar surface area (TPSA) is 0 Å². The van der Waals surface area contributed by atoms with Gasteiger partial charge in [0.1, 0.15) is 0 Å². The summed E-state index contributed by atoms with van der Waals surface area (Å²) in [6, 6.07) is 9.51. The van der Waals surface area contributed by atoms with Gasteiger partial charge in [-0.15, -0.1) is 6.58 Å². The van der Waals surface area contributed by atoms with Crippen molar-refractivity contribution in [2.75, 3.05) is 0 Å². The third-order valence-corrected chi connectivity index (χ3v) is 7.89. The maximum atomic E-state index is 3.83. The normalized spacial score (nSPS) is 30.0.